The Morgan fingerprint density at radius 2 is 2.10 bits per heavy atom. The quantitative estimate of drug-likeness (QED) is 0.826. The Morgan fingerprint density at radius 1 is 1.33 bits per heavy atom. The lowest BCUT2D eigenvalue weighted by Gasteiger charge is -2.19. The molecule has 2 rings (SSSR count). The highest BCUT2D eigenvalue weighted by Crippen LogP contribution is 2.29. The molecule has 2 aromatic rings. The summed E-state index contributed by atoms with van der Waals surface area (Å²) in [4.78, 5) is 0.0651. The Balaban J connectivity index is 2.36. The third-order valence-corrected chi connectivity index (χ3v) is 4.77. The molecule has 0 saturated heterocycles. The first-order valence-corrected chi connectivity index (χ1v) is 7.89. The van der Waals surface area contributed by atoms with Gasteiger partial charge in [0.2, 0.25) is 10.0 Å². The van der Waals surface area contributed by atoms with E-state index in [4.69, 9.17) is 14.9 Å². The summed E-state index contributed by atoms with van der Waals surface area (Å²) in [7, 11) is -2.20. The third kappa shape index (κ3) is 3.37. The van der Waals surface area contributed by atoms with Gasteiger partial charge < -0.3 is 14.9 Å². The van der Waals surface area contributed by atoms with Gasteiger partial charge in [0, 0.05) is 24.8 Å². The van der Waals surface area contributed by atoms with E-state index >= 15 is 0 Å². The van der Waals surface area contributed by atoms with Crippen LogP contribution in [0.1, 0.15) is 12.5 Å². The molecule has 1 aromatic heterocycles. The van der Waals surface area contributed by atoms with Gasteiger partial charge in [-0.05, 0) is 31.2 Å². The van der Waals surface area contributed by atoms with E-state index in [1.165, 1.54) is 29.9 Å². The molecular formula is C14H18N2O4S. The number of anilines is 1. The molecule has 114 valence electrons. The summed E-state index contributed by atoms with van der Waals surface area (Å²) in [5.74, 6) is 0.297. The maximum absolute atomic E-state index is 12.7. The van der Waals surface area contributed by atoms with E-state index in [1.807, 2.05) is 0 Å². The van der Waals surface area contributed by atoms with Crippen LogP contribution in [0.2, 0.25) is 0 Å². The normalized spacial score (nSPS) is 11.8. The molecule has 0 amide bonds. The van der Waals surface area contributed by atoms with Crippen molar-refractivity contribution in [2.24, 2.45) is 0 Å². The van der Waals surface area contributed by atoms with Gasteiger partial charge in [-0.3, -0.25) is 0 Å². The van der Waals surface area contributed by atoms with E-state index in [1.54, 1.807) is 25.1 Å². The number of nitrogen functional groups attached to an aromatic ring is 1. The van der Waals surface area contributed by atoms with Crippen LogP contribution >= 0.6 is 0 Å². The van der Waals surface area contributed by atoms with Crippen LogP contribution in [0.25, 0.3) is 0 Å². The Morgan fingerprint density at radius 3 is 2.71 bits per heavy atom. The zero-order valence-corrected chi connectivity index (χ0v) is 12.8. The van der Waals surface area contributed by atoms with Gasteiger partial charge in [0.15, 0.2) is 0 Å². The van der Waals surface area contributed by atoms with Gasteiger partial charge in [-0.2, -0.15) is 4.31 Å². The molecule has 1 heterocycles. The van der Waals surface area contributed by atoms with Crippen molar-refractivity contribution >= 4 is 15.7 Å². The van der Waals surface area contributed by atoms with Gasteiger partial charge in [0.25, 0.3) is 0 Å². The molecule has 0 spiro atoms. The fourth-order valence-electron chi connectivity index (χ4n) is 1.89. The molecule has 0 aliphatic rings. The summed E-state index contributed by atoms with van der Waals surface area (Å²) in [6, 6.07) is 6.30. The molecule has 7 heteroatoms. The smallest absolute Gasteiger partial charge is 0.246 e. The molecule has 2 N–H and O–H groups in total. The molecule has 0 aliphatic carbocycles. The molecule has 0 fully saturated rings. The Hall–Kier alpha value is -1.99. The molecule has 0 radical (unpaired) electrons. The lowest BCUT2D eigenvalue weighted by Crippen LogP contribution is -2.27. The zero-order chi connectivity index (χ0) is 15.5. The molecule has 0 atom stereocenters. The van der Waals surface area contributed by atoms with Gasteiger partial charge in [0.1, 0.15) is 10.6 Å². The number of benzene rings is 1. The number of ether oxygens (including phenoxy) is 1. The second-order valence-corrected chi connectivity index (χ2v) is 6.55. The highest BCUT2D eigenvalue weighted by atomic mass is 32.2. The van der Waals surface area contributed by atoms with Crippen LogP contribution in [0.3, 0.4) is 0 Å². The first-order chi connectivity index (χ1) is 9.95. The van der Waals surface area contributed by atoms with Gasteiger partial charge in [-0.15, -0.1) is 0 Å². The fraction of sp³-hybridized carbons (Fsp3) is 0.286. The Labute approximate surface area is 124 Å². The summed E-state index contributed by atoms with van der Waals surface area (Å²) < 4.78 is 36.9. The van der Waals surface area contributed by atoms with Gasteiger partial charge in [-0.25, -0.2) is 8.42 Å². The second-order valence-electron chi connectivity index (χ2n) is 4.53. The average Bonchev–Trinajstić information content (AvgIpc) is 2.93. The third-order valence-electron chi connectivity index (χ3n) is 2.94. The predicted octanol–water partition coefficient (Wildman–Crippen LogP) is 2.08. The topological polar surface area (TPSA) is 85.8 Å². The number of rotatable bonds is 6. The highest BCUT2D eigenvalue weighted by molar-refractivity contribution is 7.89. The maximum Gasteiger partial charge on any atom is 0.246 e. The van der Waals surface area contributed by atoms with Crippen molar-refractivity contribution in [2.45, 2.75) is 18.4 Å². The van der Waals surface area contributed by atoms with Crippen LogP contribution in [0.15, 0.2) is 46.1 Å². The molecule has 0 bridgehead atoms. The number of nitrogens with zero attached hydrogens (tertiary/aromatic N) is 1. The minimum atomic E-state index is -3.70. The van der Waals surface area contributed by atoms with Crippen LogP contribution in [0.4, 0.5) is 5.69 Å². The van der Waals surface area contributed by atoms with Crippen molar-refractivity contribution in [3.8, 4) is 5.75 Å². The Kier molecular flexibility index (Phi) is 4.54. The van der Waals surface area contributed by atoms with Crippen molar-refractivity contribution < 1.29 is 17.6 Å². The average molecular weight is 310 g/mol. The molecule has 0 unspecified atom stereocenters. The monoisotopic (exact) mass is 310 g/mol. The first kappa shape index (κ1) is 15.4. The second kappa shape index (κ2) is 6.19. The summed E-state index contributed by atoms with van der Waals surface area (Å²) >= 11 is 0. The lowest BCUT2D eigenvalue weighted by molar-refractivity contribution is 0.329. The van der Waals surface area contributed by atoms with Gasteiger partial charge >= 0.3 is 0 Å². The van der Waals surface area contributed by atoms with E-state index in [9.17, 15) is 8.42 Å². The largest absolute Gasteiger partial charge is 0.492 e. The van der Waals surface area contributed by atoms with Crippen molar-refractivity contribution in [1.29, 1.82) is 0 Å². The van der Waals surface area contributed by atoms with Crippen LogP contribution in [-0.4, -0.2) is 26.4 Å². The molecule has 0 aliphatic heterocycles. The number of hydrogen-bond donors (Lipinski definition) is 1. The lowest BCUT2D eigenvalue weighted by atomic mass is 10.3. The molecular weight excluding hydrogens is 292 g/mol. The summed E-state index contributed by atoms with van der Waals surface area (Å²) in [6.07, 6.45) is 3.01. The molecule has 0 saturated carbocycles. The van der Waals surface area contributed by atoms with Gasteiger partial charge in [0.05, 0.1) is 19.1 Å². The van der Waals surface area contributed by atoms with Crippen LogP contribution in [-0.2, 0) is 16.6 Å². The minimum absolute atomic E-state index is 0.0651. The predicted molar refractivity (Wildman–Crippen MR) is 79.4 cm³/mol. The fourth-order valence-corrected chi connectivity index (χ4v) is 3.21. The molecule has 1 aromatic carbocycles. The van der Waals surface area contributed by atoms with E-state index in [2.05, 4.69) is 0 Å². The SMILES string of the molecule is CCOc1ccc(N)cc1S(=O)(=O)N(C)Cc1ccoc1. The van der Waals surface area contributed by atoms with Crippen LogP contribution in [0.5, 0.6) is 5.75 Å². The standard InChI is InChI=1S/C14H18N2O4S/c1-3-20-13-5-4-12(15)8-14(13)21(17,18)16(2)9-11-6-7-19-10-11/h4-8,10H,3,9,15H2,1-2H3. The number of sulfonamides is 1. The Bertz CT molecular complexity index is 696. The maximum atomic E-state index is 12.7. The van der Waals surface area contributed by atoms with E-state index in [-0.39, 0.29) is 11.4 Å². The summed E-state index contributed by atoms with van der Waals surface area (Å²) in [6.45, 7) is 2.37. The highest BCUT2D eigenvalue weighted by Gasteiger charge is 2.25. The molecule has 21 heavy (non-hydrogen) atoms. The van der Waals surface area contributed by atoms with Crippen molar-refractivity contribution in [2.75, 3.05) is 19.4 Å². The van der Waals surface area contributed by atoms with Crippen LogP contribution < -0.4 is 10.5 Å². The van der Waals surface area contributed by atoms with E-state index in [0.717, 1.165) is 5.56 Å². The number of hydrogen-bond acceptors (Lipinski definition) is 5. The molecule has 6 nitrogen and oxygen atoms in total. The van der Waals surface area contributed by atoms with Crippen molar-refractivity contribution in [1.82, 2.24) is 4.31 Å². The van der Waals surface area contributed by atoms with E-state index < -0.39 is 10.0 Å². The van der Waals surface area contributed by atoms with Gasteiger partial charge in [-0.1, -0.05) is 0 Å². The first-order valence-electron chi connectivity index (χ1n) is 6.45. The van der Waals surface area contributed by atoms with Crippen molar-refractivity contribution in [3.63, 3.8) is 0 Å². The van der Waals surface area contributed by atoms with Crippen molar-refractivity contribution in [3.05, 3.63) is 42.4 Å². The summed E-state index contributed by atoms with van der Waals surface area (Å²) in [5.41, 5.74) is 6.84. The summed E-state index contributed by atoms with van der Waals surface area (Å²) in [5, 5.41) is 0. The van der Waals surface area contributed by atoms with E-state index in [0.29, 0.717) is 18.0 Å². The minimum Gasteiger partial charge on any atom is -0.492 e. The van der Waals surface area contributed by atoms with Crippen LogP contribution in [0, 0.1) is 0 Å². The number of nitrogens with two attached hydrogens (primary N) is 1. The zero-order valence-electron chi connectivity index (χ0n) is 11.9. The number of furan rings is 1.